The summed E-state index contributed by atoms with van der Waals surface area (Å²) in [7, 11) is -3.80. The highest BCUT2D eigenvalue weighted by atomic mass is 32.2. The number of nitrogens with zero attached hydrogens (tertiary/aromatic N) is 1. The van der Waals surface area contributed by atoms with Gasteiger partial charge in [0.15, 0.2) is 0 Å². The number of amides is 1. The van der Waals surface area contributed by atoms with Crippen LogP contribution in [-0.2, 0) is 21.2 Å². The predicted octanol–water partition coefficient (Wildman–Crippen LogP) is 2.31. The number of sulfonamides is 1. The van der Waals surface area contributed by atoms with Crippen molar-refractivity contribution < 1.29 is 27.5 Å². The Morgan fingerprint density at radius 2 is 1.81 bits per heavy atom. The van der Waals surface area contributed by atoms with Crippen molar-refractivity contribution in [3.63, 3.8) is 0 Å². The maximum absolute atomic E-state index is 12.1. The molecule has 144 valence electrons. The molecule has 0 unspecified atom stereocenters. The minimum Gasteiger partial charge on any atom is -0.431 e. The first-order valence-corrected chi connectivity index (χ1v) is 9.83. The first kappa shape index (κ1) is 20.4. The van der Waals surface area contributed by atoms with Crippen LogP contribution >= 0.6 is 0 Å². The van der Waals surface area contributed by atoms with Crippen molar-refractivity contribution in [1.29, 1.82) is 0 Å². The average molecular weight is 392 g/mol. The Hall–Kier alpha value is -2.94. The molecule has 1 aromatic heterocycles. The third kappa shape index (κ3) is 7.06. The number of hydrogen-bond acceptors (Lipinski definition) is 7. The molecule has 0 aliphatic heterocycles. The molecule has 9 heteroatoms. The normalized spacial score (nSPS) is 11.1. The van der Waals surface area contributed by atoms with Crippen LogP contribution in [0.5, 0.6) is 5.88 Å². The molecule has 0 radical (unpaired) electrons. The summed E-state index contributed by atoms with van der Waals surface area (Å²) in [6.07, 6.45) is 0.133. The highest BCUT2D eigenvalue weighted by molar-refractivity contribution is 7.90. The average Bonchev–Trinajstić information content (AvgIpc) is 2.60. The number of rotatable bonds is 7. The number of carbonyl (C=O) groups is 2. The zero-order chi connectivity index (χ0) is 19.9. The van der Waals surface area contributed by atoms with Gasteiger partial charge in [-0.25, -0.2) is 22.9 Å². The largest absolute Gasteiger partial charge is 0.515 e. The summed E-state index contributed by atoms with van der Waals surface area (Å²) >= 11 is 0. The Bertz CT molecular complexity index is 880. The van der Waals surface area contributed by atoms with Crippen molar-refractivity contribution in [2.24, 2.45) is 0 Å². The monoisotopic (exact) mass is 392 g/mol. The molecule has 8 nitrogen and oxygen atoms in total. The molecule has 27 heavy (non-hydrogen) atoms. The van der Waals surface area contributed by atoms with Crippen LogP contribution in [0.4, 0.5) is 4.79 Å². The topological polar surface area (TPSA) is 112 Å². The zero-order valence-corrected chi connectivity index (χ0v) is 15.7. The number of aromatic nitrogens is 1. The molecule has 0 saturated carbocycles. The molecule has 1 N–H and O–H groups in total. The summed E-state index contributed by atoms with van der Waals surface area (Å²) < 4.78 is 35.7. The molecular formula is C18H20N2O6S. The molecule has 0 bridgehead atoms. The van der Waals surface area contributed by atoms with Crippen molar-refractivity contribution in [2.75, 3.05) is 5.75 Å². The van der Waals surface area contributed by atoms with Gasteiger partial charge in [-0.3, -0.25) is 4.79 Å². The van der Waals surface area contributed by atoms with Crippen LogP contribution in [0, 0.1) is 0 Å². The number of nitrogens with one attached hydrogen (secondary N) is 1. The van der Waals surface area contributed by atoms with Gasteiger partial charge in [0.2, 0.25) is 15.9 Å². The van der Waals surface area contributed by atoms with Crippen molar-refractivity contribution in [3.8, 4) is 5.88 Å². The summed E-state index contributed by atoms with van der Waals surface area (Å²) in [5.74, 6) is -1.10. The second kappa shape index (κ2) is 9.13. The van der Waals surface area contributed by atoms with Crippen LogP contribution in [0.25, 0.3) is 0 Å². The quantitative estimate of drug-likeness (QED) is 0.720. The van der Waals surface area contributed by atoms with E-state index in [1.165, 1.54) is 12.1 Å². The first-order chi connectivity index (χ1) is 12.7. The van der Waals surface area contributed by atoms with E-state index < -0.39 is 22.1 Å². The fourth-order valence-corrected chi connectivity index (χ4v) is 3.03. The lowest BCUT2D eigenvalue weighted by molar-refractivity contribution is 0.0716. The summed E-state index contributed by atoms with van der Waals surface area (Å²) in [5.41, 5.74) is 0.870. The van der Waals surface area contributed by atoms with Gasteiger partial charge in [0.05, 0.1) is 17.4 Å². The van der Waals surface area contributed by atoms with Gasteiger partial charge in [-0.1, -0.05) is 30.3 Å². The summed E-state index contributed by atoms with van der Waals surface area (Å²) in [6, 6.07) is 11.6. The number of ether oxygens (including phenoxy) is 2. The SMILES string of the molecule is CC(C)OC(=O)Oc1ccc(C(=O)NS(=O)(=O)CCc2ccccc2)cn1. The number of carbonyl (C=O) groups excluding carboxylic acids is 2. The lowest BCUT2D eigenvalue weighted by Crippen LogP contribution is -2.33. The molecule has 2 aromatic rings. The minimum atomic E-state index is -3.80. The van der Waals surface area contributed by atoms with Gasteiger partial charge in [-0.2, -0.15) is 0 Å². The molecule has 1 amide bonds. The number of pyridine rings is 1. The smallest absolute Gasteiger partial charge is 0.431 e. The van der Waals surface area contributed by atoms with Gasteiger partial charge in [0.1, 0.15) is 0 Å². The Kier molecular flexibility index (Phi) is 6.89. The van der Waals surface area contributed by atoms with Crippen molar-refractivity contribution in [2.45, 2.75) is 26.4 Å². The van der Waals surface area contributed by atoms with Crippen molar-refractivity contribution in [3.05, 3.63) is 59.8 Å². The van der Waals surface area contributed by atoms with E-state index in [-0.39, 0.29) is 29.7 Å². The molecule has 1 aromatic carbocycles. The lowest BCUT2D eigenvalue weighted by Gasteiger charge is -2.09. The fourth-order valence-electron chi connectivity index (χ4n) is 2.02. The van der Waals surface area contributed by atoms with Crippen LogP contribution in [0.15, 0.2) is 48.7 Å². The molecule has 0 aliphatic rings. The van der Waals surface area contributed by atoms with E-state index in [0.717, 1.165) is 11.8 Å². The number of hydrogen-bond donors (Lipinski definition) is 1. The van der Waals surface area contributed by atoms with Crippen LogP contribution in [0.2, 0.25) is 0 Å². The van der Waals surface area contributed by atoms with Crippen LogP contribution in [0.1, 0.15) is 29.8 Å². The van der Waals surface area contributed by atoms with E-state index >= 15 is 0 Å². The lowest BCUT2D eigenvalue weighted by atomic mass is 10.2. The van der Waals surface area contributed by atoms with Crippen LogP contribution in [-0.4, -0.2) is 37.3 Å². The van der Waals surface area contributed by atoms with Crippen LogP contribution in [0.3, 0.4) is 0 Å². The van der Waals surface area contributed by atoms with E-state index in [1.807, 2.05) is 35.1 Å². The molecule has 0 spiro atoms. The highest BCUT2D eigenvalue weighted by Crippen LogP contribution is 2.10. The fraction of sp³-hybridized carbons (Fsp3) is 0.278. The van der Waals surface area contributed by atoms with Crippen LogP contribution < -0.4 is 9.46 Å². The third-order valence-electron chi connectivity index (χ3n) is 3.27. The van der Waals surface area contributed by atoms with Crippen molar-refractivity contribution >= 4 is 22.1 Å². The second-order valence-corrected chi connectivity index (χ2v) is 7.73. The minimum absolute atomic E-state index is 0.0165. The van der Waals surface area contributed by atoms with Gasteiger partial charge >= 0.3 is 6.16 Å². The molecular weight excluding hydrogens is 372 g/mol. The Morgan fingerprint density at radius 1 is 1.11 bits per heavy atom. The predicted molar refractivity (Wildman–Crippen MR) is 97.9 cm³/mol. The third-order valence-corrected chi connectivity index (χ3v) is 4.51. The first-order valence-electron chi connectivity index (χ1n) is 8.18. The van der Waals surface area contributed by atoms with E-state index in [0.29, 0.717) is 0 Å². The van der Waals surface area contributed by atoms with Gasteiger partial charge in [-0.15, -0.1) is 0 Å². The summed E-state index contributed by atoms with van der Waals surface area (Å²) in [6.45, 7) is 3.33. The maximum atomic E-state index is 12.1. The standard InChI is InChI=1S/C18H20N2O6S/c1-13(2)25-18(22)26-16-9-8-15(12-19-16)17(21)20-27(23,24)11-10-14-6-4-3-5-7-14/h3-9,12-13H,10-11H2,1-2H3,(H,20,21). The van der Waals surface area contributed by atoms with E-state index in [4.69, 9.17) is 9.47 Å². The van der Waals surface area contributed by atoms with E-state index in [1.54, 1.807) is 13.8 Å². The maximum Gasteiger partial charge on any atom is 0.515 e. The molecule has 1 heterocycles. The molecule has 0 atom stereocenters. The molecule has 2 rings (SSSR count). The van der Waals surface area contributed by atoms with Gasteiger partial charge in [0.25, 0.3) is 5.91 Å². The number of aryl methyl sites for hydroxylation is 1. The van der Waals surface area contributed by atoms with Gasteiger partial charge in [-0.05, 0) is 31.9 Å². The molecule has 0 fully saturated rings. The summed E-state index contributed by atoms with van der Waals surface area (Å²) in [5, 5.41) is 0. The highest BCUT2D eigenvalue weighted by Gasteiger charge is 2.17. The van der Waals surface area contributed by atoms with Gasteiger partial charge < -0.3 is 9.47 Å². The number of benzene rings is 1. The Balaban J connectivity index is 1.91. The summed E-state index contributed by atoms with van der Waals surface area (Å²) in [4.78, 5) is 27.3. The molecule has 0 aliphatic carbocycles. The molecule has 0 saturated heterocycles. The second-order valence-electron chi connectivity index (χ2n) is 5.89. The van der Waals surface area contributed by atoms with E-state index in [2.05, 4.69) is 4.98 Å². The van der Waals surface area contributed by atoms with Crippen molar-refractivity contribution in [1.82, 2.24) is 9.71 Å². The Labute approximate surface area is 157 Å². The van der Waals surface area contributed by atoms with E-state index in [9.17, 15) is 18.0 Å². The van der Waals surface area contributed by atoms with Gasteiger partial charge in [0, 0.05) is 12.3 Å². The Morgan fingerprint density at radius 3 is 2.41 bits per heavy atom. The zero-order valence-electron chi connectivity index (χ0n) is 14.9.